The van der Waals surface area contributed by atoms with Crippen molar-refractivity contribution in [3.05, 3.63) is 35.4 Å². The first-order valence-electron chi connectivity index (χ1n) is 6.77. The average molecular weight is 245 g/mol. The Labute approximate surface area is 107 Å². The molecule has 0 unspecified atom stereocenters. The van der Waals surface area contributed by atoms with Gasteiger partial charge in [0.05, 0.1) is 5.56 Å². The summed E-state index contributed by atoms with van der Waals surface area (Å²) < 4.78 is 0. The second-order valence-corrected chi connectivity index (χ2v) is 5.65. The summed E-state index contributed by atoms with van der Waals surface area (Å²) in [5, 5.41) is 8.96. The molecule has 1 aromatic rings. The Hall–Kier alpha value is -1.35. The molecule has 18 heavy (non-hydrogen) atoms. The summed E-state index contributed by atoms with van der Waals surface area (Å²) in [4.78, 5) is 13.3. The molecule has 0 spiro atoms. The fourth-order valence-electron chi connectivity index (χ4n) is 3.01. The molecule has 0 aromatic heterocycles. The van der Waals surface area contributed by atoms with Crippen molar-refractivity contribution in [2.45, 2.75) is 25.8 Å². The Morgan fingerprint density at radius 1 is 1.28 bits per heavy atom. The van der Waals surface area contributed by atoms with Crippen LogP contribution in [0.4, 0.5) is 0 Å². The highest BCUT2D eigenvalue weighted by Crippen LogP contribution is 2.38. The van der Waals surface area contributed by atoms with E-state index in [1.165, 1.54) is 32.4 Å². The molecule has 1 N–H and O–H groups in total. The third-order valence-electron chi connectivity index (χ3n) is 4.38. The van der Waals surface area contributed by atoms with E-state index in [1.54, 1.807) is 12.1 Å². The number of likely N-dealkylation sites (tertiary alicyclic amines) is 1. The van der Waals surface area contributed by atoms with Crippen molar-refractivity contribution in [3.8, 4) is 0 Å². The smallest absolute Gasteiger partial charge is 0.335 e. The molecule has 1 saturated carbocycles. The predicted octanol–water partition coefficient (Wildman–Crippen LogP) is 2.62. The highest BCUT2D eigenvalue weighted by molar-refractivity contribution is 5.87. The zero-order valence-corrected chi connectivity index (χ0v) is 10.5. The van der Waals surface area contributed by atoms with Crippen LogP contribution in [0.25, 0.3) is 0 Å². The van der Waals surface area contributed by atoms with Crippen LogP contribution in [0, 0.1) is 11.8 Å². The zero-order valence-electron chi connectivity index (χ0n) is 10.5. The van der Waals surface area contributed by atoms with Crippen LogP contribution in [0.2, 0.25) is 0 Å². The molecule has 96 valence electrons. The van der Waals surface area contributed by atoms with E-state index in [1.807, 2.05) is 12.1 Å². The molecule has 1 aliphatic heterocycles. The standard InChI is InChI=1S/C15H19NO2/c17-15(18)13-6-1-3-11(7-13)8-16-9-14(10-16)12-4-2-5-12/h1,3,6-7,12,14H,2,4-5,8-10H2,(H,17,18). The number of aromatic carboxylic acids is 1. The summed E-state index contributed by atoms with van der Waals surface area (Å²) >= 11 is 0. The largest absolute Gasteiger partial charge is 0.478 e. The number of carbonyl (C=O) groups is 1. The van der Waals surface area contributed by atoms with Crippen LogP contribution < -0.4 is 0 Å². The Morgan fingerprint density at radius 3 is 2.67 bits per heavy atom. The van der Waals surface area contributed by atoms with E-state index >= 15 is 0 Å². The molecule has 0 amide bonds. The summed E-state index contributed by atoms with van der Waals surface area (Å²) in [5.41, 5.74) is 1.51. The fourth-order valence-corrected chi connectivity index (χ4v) is 3.01. The quantitative estimate of drug-likeness (QED) is 0.886. The SMILES string of the molecule is O=C(O)c1cccc(CN2CC(C3CCC3)C2)c1. The molecule has 1 aliphatic carbocycles. The topological polar surface area (TPSA) is 40.5 Å². The Morgan fingerprint density at radius 2 is 2.06 bits per heavy atom. The van der Waals surface area contributed by atoms with E-state index < -0.39 is 5.97 Å². The van der Waals surface area contributed by atoms with E-state index in [0.717, 1.165) is 23.9 Å². The molecule has 3 nitrogen and oxygen atoms in total. The van der Waals surface area contributed by atoms with Gasteiger partial charge in [0.25, 0.3) is 0 Å². The van der Waals surface area contributed by atoms with Crippen LogP contribution in [0.15, 0.2) is 24.3 Å². The van der Waals surface area contributed by atoms with Gasteiger partial charge in [-0.1, -0.05) is 31.4 Å². The lowest BCUT2D eigenvalue weighted by atomic mass is 9.72. The Bertz CT molecular complexity index is 448. The molecule has 2 aliphatic rings. The first kappa shape index (κ1) is 11.7. The third-order valence-corrected chi connectivity index (χ3v) is 4.38. The van der Waals surface area contributed by atoms with Crippen molar-refractivity contribution in [2.75, 3.05) is 13.1 Å². The van der Waals surface area contributed by atoms with Crippen LogP contribution in [0.3, 0.4) is 0 Å². The van der Waals surface area contributed by atoms with Crippen molar-refractivity contribution >= 4 is 5.97 Å². The van der Waals surface area contributed by atoms with Gasteiger partial charge in [0, 0.05) is 19.6 Å². The lowest BCUT2D eigenvalue weighted by Crippen LogP contribution is -2.50. The van der Waals surface area contributed by atoms with E-state index in [0.29, 0.717) is 5.56 Å². The molecule has 1 aromatic carbocycles. The van der Waals surface area contributed by atoms with Crippen molar-refractivity contribution < 1.29 is 9.90 Å². The van der Waals surface area contributed by atoms with Gasteiger partial charge < -0.3 is 5.11 Å². The minimum Gasteiger partial charge on any atom is -0.478 e. The number of nitrogens with zero attached hydrogens (tertiary/aromatic N) is 1. The van der Waals surface area contributed by atoms with Gasteiger partial charge in [0.15, 0.2) is 0 Å². The number of hydrogen-bond donors (Lipinski definition) is 1. The normalized spacial score (nSPS) is 21.3. The number of rotatable bonds is 4. The zero-order chi connectivity index (χ0) is 12.5. The predicted molar refractivity (Wildman–Crippen MR) is 69.5 cm³/mol. The fraction of sp³-hybridized carbons (Fsp3) is 0.533. The van der Waals surface area contributed by atoms with Crippen molar-refractivity contribution in [3.63, 3.8) is 0 Å². The Balaban J connectivity index is 1.54. The van der Waals surface area contributed by atoms with Crippen molar-refractivity contribution in [2.24, 2.45) is 11.8 Å². The molecule has 1 saturated heterocycles. The molecular formula is C15H19NO2. The van der Waals surface area contributed by atoms with Gasteiger partial charge in [0.2, 0.25) is 0 Å². The maximum atomic E-state index is 10.9. The minimum absolute atomic E-state index is 0.392. The van der Waals surface area contributed by atoms with Crippen molar-refractivity contribution in [1.29, 1.82) is 0 Å². The van der Waals surface area contributed by atoms with Gasteiger partial charge >= 0.3 is 5.97 Å². The van der Waals surface area contributed by atoms with Crippen LogP contribution in [0.1, 0.15) is 35.2 Å². The number of carboxylic acid groups (broad SMARTS) is 1. The first-order chi connectivity index (χ1) is 8.72. The molecule has 2 fully saturated rings. The first-order valence-corrected chi connectivity index (χ1v) is 6.77. The van der Waals surface area contributed by atoms with Gasteiger partial charge in [-0.15, -0.1) is 0 Å². The monoisotopic (exact) mass is 245 g/mol. The van der Waals surface area contributed by atoms with Gasteiger partial charge in [0.1, 0.15) is 0 Å². The van der Waals surface area contributed by atoms with Gasteiger partial charge in [-0.2, -0.15) is 0 Å². The van der Waals surface area contributed by atoms with Crippen LogP contribution in [0.5, 0.6) is 0 Å². The summed E-state index contributed by atoms with van der Waals surface area (Å²) in [5.74, 6) is 1.04. The van der Waals surface area contributed by atoms with Gasteiger partial charge in [-0.3, -0.25) is 4.90 Å². The summed E-state index contributed by atoms with van der Waals surface area (Å²) in [6, 6.07) is 7.29. The molecule has 0 atom stereocenters. The second kappa shape index (κ2) is 4.73. The molecule has 3 rings (SSSR count). The summed E-state index contributed by atoms with van der Waals surface area (Å²) in [7, 11) is 0. The van der Waals surface area contributed by atoms with E-state index in [2.05, 4.69) is 4.90 Å². The average Bonchev–Trinajstić information content (AvgIpc) is 2.24. The second-order valence-electron chi connectivity index (χ2n) is 5.65. The Kier molecular flexibility index (Phi) is 3.08. The van der Waals surface area contributed by atoms with Crippen LogP contribution in [-0.4, -0.2) is 29.1 Å². The molecule has 1 heterocycles. The van der Waals surface area contributed by atoms with E-state index in [9.17, 15) is 4.79 Å². The van der Waals surface area contributed by atoms with Crippen LogP contribution >= 0.6 is 0 Å². The highest BCUT2D eigenvalue weighted by Gasteiger charge is 2.35. The number of hydrogen-bond acceptors (Lipinski definition) is 2. The lowest BCUT2D eigenvalue weighted by Gasteiger charge is -2.46. The van der Waals surface area contributed by atoms with Crippen LogP contribution in [-0.2, 0) is 6.54 Å². The minimum atomic E-state index is -0.840. The highest BCUT2D eigenvalue weighted by atomic mass is 16.4. The summed E-state index contributed by atoms with van der Waals surface area (Å²) in [6.45, 7) is 3.29. The molecule has 0 radical (unpaired) electrons. The van der Waals surface area contributed by atoms with E-state index in [-0.39, 0.29) is 0 Å². The maximum Gasteiger partial charge on any atom is 0.335 e. The molecule has 0 bridgehead atoms. The van der Waals surface area contributed by atoms with Gasteiger partial charge in [-0.05, 0) is 29.5 Å². The third kappa shape index (κ3) is 2.27. The maximum absolute atomic E-state index is 10.9. The number of benzene rings is 1. The van der Waals surface area contributed by atoms with E-state index in [4.69, 9.17) is 5.11 Å². The molecular weight excluding hydrogens is 226 g/mol. The van der Waals surface area contributed by atoms with Crippen molar-refractivity contribution in [1.82, 2.24) is 4.90 Å². The van der Waals surface area contributed by atoms with Gasteiger partial charge in [-0.25, -0.2) is 4.79 Å². The number of carboxylic acids is 1. The molecule has 3 heteroatoms. The lowest BCUT2D eigenvalue weighted by molar-refractivity contribution is 0.0210. The summed E-state index contributed by atoms with van der Waals surface area (Å²) in [6.07, 6.45) is 4.27.